The summed E-state index contributed by atoms with van der Waals surface area (Å²) in [5, 5.41) is 3.03. The minimum absolute atomic E-state index is 0.00427. The molecular weight excluding hydrogens is 302 g/mol. The first-order valence-electron chi connectivity index (χ1n) is 8.34. The van der Waals surface area contributed by atoms with Gasteiger partial charge < -0.3 is 19.7 Å². The van der Waals surface area contributed by atoms with Crippen LogP contribution in [0.5, 0.6) is 0 Å². The van der Waals surface area contributed by atoms with Crippen molar-refractivity contribution in [2.24, 2.45) is 7.05 Å². The molecule has 0 spiro atoms. The van der Waals surface area contributed by atoms with Gasteiger partial charge in [0.25, 0.3) is 0 Å². The second-order valence-electron chi connectivity index (χ2n) is 6.47. The van der Waals surface area contributed by atoms with E-state index >= 15 is 0 Å². The smallest absolute Gasteiger partial charge is 0.318 e. The van der Waals surface area contributed by atoms with Crippen molar-refractivity contribution < 1.29 is 4.79 Å². The molecule has 2 aromatic rings. The minimum atomic E-state index is -0.00427. The van der Waals surface area contributed by atoms with Gasteiger partial charge in [0.15, 0.2) is 0 Å². The zero-order valence-electron chi connectivity index (χ0n) is 14.6. The Morgan fingerprint density at radius 1 is 1.38 bits per heavy atom. The van der Waals surface area contributed by atoms with Crippen LogP contribution >= 0.6 is 0 Å². The molecule has 0 bridgehead atoms. The third-order valence-corrected chi connectivity index (χ3v) is 4.55. The summed E-state index contributed by atoms with van der Waals surface area (Å²) in [6, 6.07) is 8.25. The lowest BCUT2D eigenvalue weighted by molar-refractivity contribution is 0.191. The molecule has 1 aliphatic rings. The Morgan fingerprint density at radius 3 is 2.83 bits per heavy atom. The Bertz CT molecular complexity index is 692. The third-order valence-electron chi connectivity index (χ3n) is 4.55. The number of aromatic nitrogens is 2. The number of nitrogens with zero attached hydrogens (tertiary/aromatic N) is 4. The summed E-state index contributed by atoms with van der Waals surface area (Å²) in [7, 11) is 5.95. The second kappa shape index (κ2) is 6.95. The summed E-state index contributed by atoms with van der Waals surface area (Å²) in [5.74, 6) is 0.911. The zero-order valence-corrected chi connectivity index (χ0v) is 14.6. The van der Waals surface area contributed by atoms with E-state index in [4.69, 9.17) is 0 Å². The average Bonchev–Trinajstić information content (AvgIpc) is 3.21. The molecule has 1 saturated heterocycles. The van der Waals surface area contributed by atoms with Crippen LogP contribution in [0.15, 0.2) is 36.7 Å². The number of aryl methyl sites for hydroxylation is 1. The number of likely N-dealkylation sites (tertiary alicyclic amines) is 1. The van der Waals surface area contributed by atoms with Gasteiger partial charge in [0.2, 0.25) is 0 Å². The van der Waals surface area contributed by atoms with E-state index in [1.165, 1.54) is 5.69 Å². The Balaban J connectivity index is 1.61. The van der Waals surface area contributed by atoms with Gasteiger partial charge in [-0.05, 0) is 36.6 Å². The average molecular weight is 327 g/mol. The van der Waals surface area contributed by atoms with Crippen LogP contribution in [0.1, 0.15) is 30.1 Å². The standard InChI is InChI=1S/C18H25N5O/c1-21(2)17-9-8-14(12-19-17)13-20-18(24)23-11-5-7-16(23)15-6-4-10-22(15)3/h4,6,8-10,12,16H,5,7,11,13H2,1-3H3,(H,20,24)/t16-/m1/s1. The highest BCUT2D eigenvalue weighted by atomic mass is 16.2. The monoisotopic (exact) mass is 327 g/mol. The van der Waals surface area contributed by atoms with Gasteiger partial charge in [0, 0.05) is 52.3 Å². The van der Waals surface area contributed by atoms with Gasteiger partial charge in [-0.2, -0.15) is 0 Å². The second-order valence-corrected chi connectivity index (χ2v) is 6.47. The van der Waals surface area contributed by atoms with Gasteiger partial charge in [0.05, 0.1) is 6.04 Å². The van der Waals surface area contributed by atoms with Gasteiger partial charge in [-0.3, -0.25) is 0 Å². The molecule has 6 nitrogen and oxygen atoms in total. The lowest BCUT2D eigenvalue weighted by Crippen LogP contribution is -2.39. The van der Waals surface area contributed by atoms with Crippen LogP contribution in [-0.4, -0.2) is 41.1 Å². The summed E-state index contributed by atoms with van der Waals surface area (Å²) < 4.78 is 2.10. The van der Waals surface area contributed by atoms with Crippen LogP contribution in [0.2, 0.25) is 0 Å². The van der Waals surface area contributed by atoms with Crippen LogP contribution in [-0.2, 0) is 13.6 Å². The molecule has 1 N–H and O–H groups in total. The highest BCUT2D eigenvalue weighted by molar-refractivity contribution is 5.75. The maximum Gasteiger partial charge on any atom is 0.318 e. The van der Waals surface area contributed by atoms with Crippen LogP contribution in [0.4, 0.5) is 10.6 Å². The summed E-state index contributed by atoms with van der Waals surface area (Å²) in [6.45, 7) is 1.30. The molecule has 0 aliphatic carbocycles. The van der Waals surface area contributed by atoms with Gasteiger partial charge in [-0.15, -0.1) is 0 Å². The number of pyridine rings is 1. The Morgan fingerprint density at radius 2 is 2.21 bits per heavy atom. The maximum absolute atomic E-state index is 12.6. The van der Waals surface area contributed by atoms with E-state index in [-0.39, 0.29) is 12.1 Å². The number of carbonyl (C=O) groups excluding carboxylic acids is 1. The van der Waals surface area contributed by atoms with Crippen molar-refractivity contribution in [1.82, 2.24) is 19.8 Å². The van der Waals surface area contributed by atoms with E-state index in [1.54, 1.807) is 0 Å². The first kappa shape index (κ1) is 16.4. The van der Waals surface area contributed by atoms with E-state index in [1.807, 2.05) is 61.5 Å². The van der Waals surface area contributed by atoms with Crippen molar-refractivity contribution in [1.29, 1.82) is 0 Å². The first-order chi connectivity index (χ1) is 11.6. The predicted molar refractivity (Wildman–Crippen MR) is 94.9 cm³/mol. The number of hydrogen-bond donors (Lipinski definition) is 1. The normalized spacial score (nSPS) is 17.1. The molecule has 1 atom stereocenters. The Hall–Kier alpha value is -2.50. The highest BCUT2D eigenvalue weighted by Crippen LogP contribution is 2.31. The number of rotatable bonds is 4. The van der Waals surface area contributed by atoms with Crippen LogP contribution in [0.25, 0.3) is 0 Å². The van der Waals surface area contributed by atoms with E-state index in [9.17, 15) is 4.79 Å². The Kier molecular flexibility index (Phi) is 4.74. The molecule has 24 heavy (non-hydrogen) atoms. The number of hydrogen-bond acceptors (Lipinski definition) is 3. The SMILES string of the molecule is CN(C)c1ccc(CNC(=O)N2CCC[C@@H]2c2cccn2C)cn1. The van der Waals surface area contributed by atoms with Crippen LogP contribution in [0.3, 0.4) is 0 Å². The van der Waals surface area contributed by atoms with Gasteiger partial charge in [-0.25, -0.2) is 9.78 Å². The predicted octanol–water partition coefficient (Wildman–Crippen LogP) is 2.53. The molecule has 2 aromatic heterocycles. The van der Waals surface area contributed by atoms with Crippen molar-refractivity contribution >= 4 is 11.8 Å². The molecule has 0 saturated carbocycles. The maximum atomic E-state index is 12.6. The minimum Gasteiger partial charge on any atom is -0.363 e. The fraction of sp³-hybridized carbons (Fsp3) is 0.444. The summed E-state index contributed by atoms with van der Waals surface area (Å²) in [4.78, 5) is 20.9. The topological polar surface area (TPSA) is 53.4 Å². The number of anilines is 1. The molecule has 0 unspecified atom stereocenters. The van der Waals surface area contributed by atoms with Crippen LogP contribution in [0, 0.1) is 0 Å². The van der Waals surface area contributed by atoms with E-state index in [2.05, 4.69) is 20.9 Å². The van der Waals surface area contributed by atoms with Crippen molar-refractivity contribution in [3.8, 4) is 0 Å². The number of nitrogens with one attached hydrogen (secondary N) is 1. The zero-order chi connectivity index (χ0) is 17.1. The fourth-order valence-electron chi connectivity index (χ4n) is 3.20. The lowest BCUT2D eigenvalue weighted by atomic mass is 10.1. The molecule has 1 fully saturated rings. The molecule has 3 rings (SSSR count). The van der Waals surface area contributed by atoms with Gasteiger partial charge >= 0.3 is 6.03 Å². The van der Waals surface area contributed by atoms with E-state index in [0.29, 0.717) is 6.54 Å². The van der Waals surface area contributed by atoms with Crippen molar-refractivity contribution in [3.63, 3.8) is 0 Å². The first-order valence-corrected chi connectivity index (χ1v) is 8.34. The quantitative estimate of drug-likeness (QED) is 0.939. The number of carbonyl (C=O) groups is 1. The van der Waals surface area contributed by atoms with Crippen LogP contribution < -0.4 is 10.2 Å². The number of urea groups is 1. The third kappa shape index (κ3) is 3.37. The molecule has 3 heterocycles. The molecular formula is C18H25N5O. The van der Waals surface area contributed by atoms with Crippen molar-refractivity contribution in [2.75, 3.05) is 25.5 Å². The Labute approximate surface area is 143 Å². The summed E-state index contributed by atoms with van der Waals surface area (Å²) >= 11 is 0. The molecule has 6 heteroatoms. The number of amides is 2. The molecule has 0 aromatic carbocycles. The van der Waals surface area contributed by atoms with Gasteiger partial charge in [-0.1, -0.05) is 6.07 Å². The fourth-order valence-corrected chi connectivity index (χ4v) is 3.20. The molecule has 0 radical (unpaired) electrons. The molecule has 1 aliphatic heterocycles. The van der Waals surface area contributed by atoms with E-state index in [0.717, 1.165) is 30.8 Å². The van der Waals surface area contributed by atoms with Crippen molar-refractivity contribution in [3.05, 3.63) is 47.9 Å². The van der Waals surface area contributed by atoms with Crippen molar-refractivity contribution in [2.45, 2.75) is 25.4 Å². The largest absolute Gasteiger partial charge is 0.363 e. The highest BCUT2D eigenvalue weighted by Gasteiger charge is 2.31. The molecule has 128 valence electrons. The van der Waals surface area contributed by atoms with Gasteiger partial charge in [0.1, 0.15) is 5.82 Å². The molecule has 2 amide bonds. The summed E-state index contributed by atoms with van der Waals surface area (Å²) in [6.07, 6.45) is 5.91. The lowest BCUT2D eigenvalue weighted by Gasteiger charge is -2.25. The van der Waals surface area contributed by atoms with E-state index < -0.39 is 0 Å². The summed E-state index contributed by atoms with van der Waals surface area (Å²) in [5.41, 5.74) is 2.20.